The summed E-state index contributed by atoms with van der Waals surface area (Å²) in [6.07, 6.45) is 0. The van der Waals surface area contributed by atoms with Gasteiger partial charge in [0.2, 0.25) is 0 Å². The van der Waals surface area contributed by atoms with Crippen molar-refractivity contribution in [2.45, 2.75) is 0 Å². The standard InChI is InChI=1S/C9H6ClFO2/c1-5(9(12)13)6-2-7(10)4-8(11)3-6/h2-4H,1H2,(H,12,13). The van der Waals surface area contributed by atoms with Crippen LogP contribution in [0.4, 0.5) is 4.39 Å². The minimum Gasteiger partial charge on any atom is -0.478 e. The monoisotopic (exact) mass is 200 g/mol. The van der Waals surface area contributed by atoms with E-state index in [1.807, 2.05) is 0 Å². The second-order valence-corrected chi connectivity index (χ2v) is 2.88. The normalized spacial score (nSPS) is 9.69. The summed E-state index contributed by atoms with van der Waals surface area (Å²) < 4.78 is 12.7. The topological polar surface area (TPSA) is 37.3 Å². The molecule has 0 spiro atoms. The van der Waals surface area contributed by atoms with Crippen LogP contribution in [0.1, 0.15) is 5.56 Å². The lowest BCUT2D eigenvalue weighted by atomic mass is 10.1. The summed E-state index contributed by atoms with van der Waals surface area (Å²) in [6, 6.07) is 3.52. The zero-order valence-corrected chi connectivity index (χ0v) is 7.31. The summed E-state index contributed by atoms with van der Waals surface area (Å²) in [6.45, 7) is 3.28. The molecule has 1 rings (SSSR count). The predicted molar refractivity (Wildman–Crippen MR) is 48.1 cm³/mol. The molecule has 0 radical (unpaired) electrons. The van der Waals surface area contributed by atoms with Gasteiger partial charge in [-0.2, -0.15) is 0 Å². The zero-order valence-electron chi connectivity index (χ0n) is 6.55. The van der Waals surface area contributed by atoms with Crippen LogP contribution in [0, 0.1) is 5.82 Å². The Labute approximate surface area is 79.3 Å². The summed E-state index contributed by atoms with van der Waals surface area (Å²) in [5, 5.41) is 8.70. The van der Waals surface area contributed by atoms with E-state index in [0.717, 1.165) is 12.1 Å². The Morgan fingerprint density at radius 2 is 2.08 bits per heavy atom. The molecule has 1 N–H and O–H groups in total. The number of hydrogen-bond donors (Lipinski definition) is 1. The van der Waals surface area contributed by atoms with E-state index in [4.69, 9.17) is 16.7 Å². The number of aliphatic carboxylic acids is 1. The summed E-state index contributed by atoms with van der Waals surface area (Å²) in [7, 11) is 0. The highest BCUT2D eigenvalue weighted by atomic mass is 35.5. The lowest BCUT2D eigenvalue weighted by Crippen LogP contribution is -1.98. The lowest BCUT2D eigenvalue weighted by molar-refractivity contribution is -0.130. The van der Waals surface area contributed by atoms with Gasteiger partial charge in [0.05, 0.1) is 5.57 Å². The molecule has 2 nitrogen and oxygen atoms in total. The molecular weight excluding hydrogens is 195 g/mol. The molecule has 0 aromatic heterocycles. The van der Waals surface area contributed by atoms with Gasteiger partial charge in [-0.1, -0.05) is 18.2 Å². The highest BCUT2D eigenvalue weighted by Crippen LogP contribution is 2.19. The Bertz CT molecular complexity index is 354. The maximum atomic E-state index is 12.7. The van der Waals surface area contributed by atoms with E-state index >= 15 is 0 Å². The molecule has 0 aliphatic heterocycles. The molecule has 0 saturated heterocycles. The van der Waals surface area contributed by atoms with Gasteiger partial charge in [-0.15, -0.1) is 0 Å². The third-order valence-electron chi connectivity index (χ3n) is 1.47. The highest BCUT2D eigenvalue weighted by molar-refractivity contribution is 6.31. The van der Waals surface area contributed by atoms with E-state index in [1.165, 1.54) is 6.07 Å². The van der Waals surface area contributed by atoms with Crippen molar-refractivity contribution in [1.29, 1.82) is 0 Å². The first-order valence-electron chi connectivity index (χ1n) is 3.39. The molecule has 0 aliphatic rings. The van der Waals surface area contributed by atoms with Crippen LogP contribution >= 0.6 is 11.6 Å². The van der Waals surface area contributed by atoms with Crippen molar-refractivity contribution in [2.75, 3.05) is 0 Å². The molecule has 0 aliphatic carbocycles. The van der Waals surface area contributed by atoms with Crippen molar-refractivity contribution in [3.63, 3.8) is 0 Å². The fourth-order valence-corrected chi connectivity index (χ4v) is 1.07. The molecule has 0 fully saturated rings. The summed E-state index contributed by atoms with van der Waals surface area (Å²) in [5.74, 6) is -1.77. The SMILES string of the molecule is C=C(C(=O)O)c1cc(F)cc(Cl)c1. The van der Waals surface area contributed by atoms with Gasteiger partial charge in [0, 0.05) is 5.02 Å². The maximum Gasteiger partial charge on any atom is 0.335 e. The first-order chi connectivity index (χ1) is 6.00. The first kappa shape index (κ1) is 9.74. The molecule has 13 heavy (non-hydrogen) atoms. The van der Waals surface area contributed by atoms with Gasteiger partial charge in [0.15, 0.2) is 0 Å². The number of benzene rings is 1. The summed E-state index contributed by atoms with van der Waals surface area (Å²) in [4.78, 5) is 10.5. The van der Waals surface area contributed by atoms with Crippen LogP contribution in [0.25, 0.3) is 5.57 Å². The van der Waals surface area contributed by atoms with Crippen LogP contribution in [0.15, 0.2) is 24.8 Å². The number of rotatable bonds is 2. The predicted octanol–water partition coefficient (Wildman–Crippen LogP) is 2.58. The largest absolute Gasteiger partial charge is 0.478 e. The molecule has 0 saturated carbocycles. The quantitative estimate of drug-likeness (QED) is 0.745. The third kappa shape index (κ3) is 2.29. The Morgan fingerprint density at radius 3 is 2.54 bits per heavy atom. The van der Waals surface area contributed by atoms with Gasteiger partial charge in [-0.3, -0.25) is 0 Å². The molecule has 68 valence electrons. The van der Waals surface area contributed by atoms with E-state index in [0.29, 0.717) is 0 Å². The summed E-state index contributed by atoms with van der Waals surface area (Å²) >= 11 is 5.52. The molecule has 0 atom stereocenters. The van der Waals surface area contributed by atoms with Crippen LogP contribution in [-0.2, 0) is 4.79 Å². The Kier molecular flexibility index (Phi) is 2.68. The third-order valence-corrected chi connectivity index (χ3v) is 1.69. The lowest BCUT2D eigenvalue weighted by Gasteiger charge is -2.01. The minimum absolute atomic E-state index is 0.150. The highest BCUT2D eigenvalue weighted by Gasteiger charge is 2.08. The number of carboxylic acid groups (broad SMARTS) is 1. The average Bonchev–Trinajstić information content (AvgIpc) is 2.01. The molecule has 0 unspecified atom stereocenters. The molecule has 1 aromatic rings. The molecule has 0 amide bonds. The second-order valence-electron chi connectivity index (χ2n) is 2.44. The minimum atomic E-state index is -1.19. The van der Waals surface area contributed by atoms with Gasteiger partial charge in [-0.25, -0.2) is 9.18 Å². The van der Waals surface area contributed by atoms with Crippen molar-refractivity contribution in [3.8, 4) is 0 Å². The zero-order chi connectivity index (χ0) is 10.0. The van der Waals surface area contributed by atoms with Gasteiger partial charge in [0.25, 0.3) is 0 Å². The fraction of sp³-hybridized carbons (Fsp3) is 0. The van der Waals surface area contributed by atoms with Gasteiger partial charge >= 0.3 is 5.97 Å². The smallest absolute Gasteiger partial charge is 0.335 e. The summed E-state index contributed by atoms with van der Waals surface area (Å²) in [5.41, 5.74) is -0.00102. The number of halogens is 2. The van der Waals surface area contributed by atoms with Gasteiger partial charge < -0.3 is 5.11 Å². The molecule has 0 heterocycles. The van der Waals surface area contributed by atoms with E-state index in [2.05, 4.69) is 6.58 Å². The average molecular weight is 201 g/mol. The van der Waals surface area contributed by atoms with Crippen molar-refractivity contribution in [1.82, 2.24) is 0 Å². The number of carbonyl (C=O) groups is 1. The van der Waals surface area contributed by atoms with Crippen LogP contribution in [0.3, 0.4) is 0 Å². The Hall–Kier alpha value is -1.35. The van der Waals surface area contributed by atoms with Crippen LogP contribution in [-0.4, -0.2) is 11.1 Å². The van der Waals surface area contributed by atoms with Crippen LogP contribution < -0.4 is 0 Å². The van der Waals surface area contributed by atoms with Crippen molar-refractivity contribution >= 4 is 23.1 Å². The van der Waals surface area contributed by atoms with Crippen molar-refractivity contribution in [3.05, 3.63) is 41.2 Å². The fourth-order valence-electron chi connectivity index (χ4n) is 0.852. The van der Waals surface area contributed by atoms with Crippen molar-refractivity contribution < 1.29 is 14.3 Å². The van der Waals surface area contributed by atoms with E-state index < -0.39 is 11.8 Å². The first-order valence-corrected chi connectivity index (χ1v) is 3.77. The maximum absolute atomic E-state index is 12.7. The molecular formula is C9H6ClFO2. The van der Waals surface area contributed by atoms with E-state index in [9.17, 15) is 9.18 Å². The number of carboxylic acids is 1. The van der Waals surface area contributed by atoms with Gasteiger partial charge in [-0.05, 0) is 23.8 Å². The van der Waals surface area contributed by atoms with Crippen molar-refractivity contribution in [2.24, 2.45) is 0 Å². The Morgan fingerprint density at radius 1 is 1.46 bits per heavy atom. The van der Waals surface area contributed by atoms with Crippen LogP contribution in [0.5, 0.6) is 0 Å². The van der Waals surface area contributed by atoms with Gasteiger partial charge in [0.1, 0.15) is 5.82 Å². The molecule has 4 heteroatoms. The Balaban J connectivity index is 3.15. The van der Waals surface area contributed by atoms with E-state index in [1.54, 1.807) is 0 Å². The van der Waals surface area contributed by atoms with E-state index in [-0.39, 0.29) is 16.2 Å². The molecule has 0 bridgehead atoms. The number of hydrogen-bond acceptors (Lipinski definition) is 1. The molecule has 1 aromatic carbocycles. The second kappa shape index (κ2) is 3.58. The van der Waals surface area contributed by atoms with Crippen LogP contribution in [0.2, 0.25) is 5.02 Å².